The lowest BCUT2D eigenvalue weighted by Gasteiger charge is -2.06. The Balaban J connectivity index is 2.29. The smallest absolute Gasteiger partial charge is 0.303 e. The first kappa shape index (κ1) is 15.2. The molecule has 3 N–H and O–H groups in total. The monoisotopic (exact) mass is 328 g/mol. The number of carbonyl (C=O) groups is 3. The van der Waals surface area contributed by atoms with Gasteiger partial charge in [-0.25, -0.2) is 0 Å². The van der Waals surface area contributed by atoms with Crippen molar-refractivity contribution in [3.63, 3.8) is 0 Å². The molecule has 0 aliphatic carbocycles. The largest absolute Gasteiger partial charge is 0.481 e. The molecule has 0 aromatic heterocycles. The number of carboxylic acids is 1. The molecule has 0 aliphatic heterocycles. The van der Waals surface area contributed by atoms with E-state index in [4.69, 9.17) is 5.11 Å². The molecule has 1 rings (SSSR count). The summed E-state index contributed by atoms with van der Waals surface area (Å²) in [7, 11) is 0. The quantitative estimate of drug-likeness (QED) is 0.734. The van der Waals surface area contributed by atoms with Gasteiger partial charge in [0.25, 0.3) is 0 Å². The van der Waals surface area contributed by atoms with E-state index in [2.05, 4.69) is 26.6 Å². The number of carboxylic acid groups (broad SMARTS) is 1. The lowest BCUT2D eigenvalue weighted by atomic mass is 10.3. The number of anilines is 1. The number of hydrogen-bond acceptors (Lipinski definition) is 3. The van der Waals surface area contributed by atoms with E-state index >= 15 is 0 Å². The lowest BCUT2D eigenvalue weighted by Crippen LogP contribution is -2.32. The Kier molecular flexibility index (Phi) is 6.01. The Morgan fingerprint density at radius 1 is 1.05 bits per heavy atom. The number of amides is 2. The summed E-state index contributed by atoms with van der Waals surface area (Å²) in [5.74, 6) is -1.88. The second kappa shape index (κ2) is 7.52. The average molecular weight is 329 g/mol. The van der Waals surface area contributed by atoms with Crippen molar-refractivity contribution in [2.24, 2.45) is 0 Å². The fourth-order valence-corrected chi connectivity index (χ4v) is 1.49. The number of nitrogens with one attached hydrogen (secondary N) is 2. The second-order valence-electron chi connectivity index (χ2n) is 3.73. The van der Waals surface area contributed by atoms with Gasteiger partial charge < -0.3 is 15.7 Å². The molecule has 0 aliphatic rings. The molecule has 0 atom stereocenters. The molecule has 1 aromatic rings. The van der Waals surface area contributed by atoms with Gasteiger partial charge in [-0.05, 0) is 24.3 Å². The minimum atomic E-state index is -1.05. The molecule has 0 bridgehead atoms. The zero-order valence-corrected chi connectivity index (χ0v) is 11.6. The molecule has 102 valence electrons. The molecule has 0 saturated heterocycles. The number of benzene rings is 1. The van der Waals surface area contributed by atoms with Crippen LogP contribution in [0, 0.1) is 0 Å². The molecule has 19 heavy (non-hydrogen) atoms. The Morgan fingerprint density at radius 2 is 1.68 bits per heavy atom. The normalized spacial score (nSPS) is 9.74. The van der Waals surface area contributed by atoms with Gasteiger partial charge in [0, 0.05) is 16.6 Å². The van der Waals surface area contributed by atoms with E-state index in [-0.39, 0.29) is 25.3 Å². The summed E-state index contributed by atoms with van der Waals surface area (Å²) >= 11 is 3.27. The molecular weight excluding hydrogens is 316 g/mol. The molecule has 0 unspecified atom stereocenters. The summed E-state index contributed by atoms with van der Waals surface area (Å²) in [5, 5.41) is 13.3. The highest BCUT2D eigenvalue weighted by Crippen LogP contribution is 2.13. The average Bonchev–Trinajstić information content (AvgIpc) is 2.36. The third kappa shape index (κ3) is 6.56. The first-order valence-electron chi connectivity index (χ1n) is 5.51. The van der Waals surface area contributed by atoms with Crippen molar-refractivity contribution in [2.75, 3.05) is 11.9 Å². The molecule has 0 radical (unpaired) electrons. The lowest BCUT2D eigenvalue weighted by molar-refractivity contribution is -0.138. The van der Waals surface area contributed by atoms with Gasteiger partial charge in [-0.3, -0.25) is 14.4 Å². The van der Waals surface area contributed by atoms with Crippen LogP contribution in [0.4, 0.5) is 5.69 Å². The standard InChI is InChI=1S/C12H13BrN2O4/c13-8-1-3-9(4-2-8)15-11(17)7-14-10(16)5-6-12(18)19/h1-4H,5-7H2,(H,14,16)(H,15,17)(H,18,19). The van der Waals surface area contributed by atoms with Crippen LogP contribution in [-0.2, 0) is 14.4 Å². The summed E-state index contributed by atoms with van der Waals surface area (Å²) in [6.07, 6.45) is -0.388. The van der Waals surface area contributed by atoms with Crippen LogP contribution < -0.4 is 10.6 Å². The van der Waals surface area contributed by atoms with Crippen LogP contribution in [0.25, 0.3) is 0 Å². The summed E-state index contributed by atoms with van der Waals surface area (Å²) in [4.78, 5) is 32.9. The molecule has 2 amide bonds. The SMILES string of the molecule is O=C(O)CCC(=O)NCC(=O)Nc1ccc(Br)cc1. The van der Waals surface area contributed by atoms with Gasteiger partial charge >= 0.3 is 5.97 Å². The fourth-order valence-electron chi connectivity index (χ4n) is 1.23. The first-order chi connectivity index (χ1) is 8.97. The van der Waals surface area contributed by atoms with Gasteiger partial charge in [-0.15, -0.1) is 0 Å². The highest BCUT2D eigenvalue weighted by atomic mass is 79.9. The van der Waals surface area contributed by atoms with Gasteiger partial charge in [-0.2, -0.15) is 0 Å². The van der Waals surface area contributed by atoms with Crippen molar-refractivity contribution in [2.45, 2.75) is 12.8 Å². The van der Waals surface area contributed by atoms with Gasteiger partial charge in [0.15, 0.2) is 0 Å². The van der Waals surface area contributed by atoms with Crippen molar-refractivity contribution < 1.29 is 19.5 Å². The van der Waals surface area contributed by atoms with Crippen molar-refractivity contribution in [1.29, 1.82) is 0 Å². The number of carbonyl (C=O) groups excluding carboxylic acids is 2. The van der Waals surface area contributed by atoms with E-state index in [0.29, 0.717) is 5.69 Å². The second-order valence-corrected chi connectivity index (χ2v) is 4.64. The van der Waals surface area contributed by atoms with Crippen molar-refractivity contribution in [3.8, 4) is 0 Å². The molecule has 0 saturated carbocycles. The third-order valence-corrected chi connectivity index (χ3v) is 2.67. The molecule has 7 heteroatoms. The molecule has 1 aromatic carbocycles. The summed E-state index contributed by atoms with van der Waals surface area (Å²) in [6, 6.07) is 6.99. The van der Waals surface area contributed by atoms with E-state index < -0.39 is 11.9 Å². The Bertz CT molecular complexity index is 473. The Labute approximate surface area is 118 Å². The van der Waals surface area contributed by atoms with Crippen molar-refractivity contribution in [1.82, 2.24) is 5.32 Å². The van der Waals surface area contributed by atoms with Crippen LogP contribution >= 0.6 is 15.9 Å². The molecule has 0 heterocycles. The number of rotatable bonds is 6. The zero-order valence-electron chi connectivity index (χ0n) is 9.98. The summed E-state index contributed by atoms with van der Waals surface area (Å²) < 4.78 is 0.896. The van der Waals surface area contributed by atoms with Gasteiger partial charge in [0.1, 0.15) is 0 Å². The predicted molar refractivity (Wildman–Crippen MR) is 72.7 cm³/mol. The van der Waals surface area contributed by atoms with Crippen LogP contribution in [0.2, 0.25) is 0 Å². The molecule has 6 nitrogen and oxygen atoms in total. The third-order valence-electron chi connectivity index (χ3n) is 2.14. The van der Waals surface area contributed by atoms with Crippen LogP contribution in [0.15, 0.2) is 28.7 Å². The van der Waals surface area contributed by atoms with Gasteiger partial charge in [0.2, 0.25) is 11.8 Å². The Morgan fingerprint density at radius 3 is 2.26 bits per heavy atom. The number of hydrogen-bond donors (Lipinski definition) is 3. The molecular formula is C12H13BrN2O4. The van der Waals surface area contributed by atoms with E-state index in [1.165, 1.54) is 0 Å². The van der Waals surface area contributed by atoms with E-state index in [1.54, 1.807) is 24.3 Å². The number of halogens is 1. The summed E-state index contributed by atoms with van der Waals surface area (Å²) in [6.45, 7) is -0.186. The van der Waals surface area contributed by atoms with Crippen LogP contribution in [0.3, 0.4) is 0 Å². The Hall–Kier alpha value is -1.89. The highest BCUT2D eigenvalue weighted by molar-refractivity contribution is 9.10. The maximum atomic E-state index is 11.5. The van der Waals surface area contributed by atoms with E-state index in [0.717, 1.165) is 4.47 Å². The number of aliphatic carboxylic acids is 1. The summed E-state index contributed by atoms with van der Waals surface area (Å²) in [5.41, 5.74) is 0.619. The van der Waals surface area contributed by atoms with Crippen molar-refractivity contribution >= 4 is 39.4 Å². The fraction of sp³-hybridized carbons (Fsp3) is 0.250. The minimum absolute atomic E-state index is 0.138. The zero-order chi connectivity index (χ0) is 14.3. The maximum absolute atomic E-state index is 11.5. The van der Waals surface area contributed by atoms with Crippen LogP contribution in [-0.4, -0.2) is 29.4 Å². The maximum Gasteiger partial charge on any atom is 0.303 e. The molecule has 0 fully saturated rings. The van der Waals surface area contributed by atoms with Crippen molar-refractivity contribution in [3.05, 3.63) is 28.7 Å². The van der Waals surface area contributed by atoms with Crippen LogP contribution in [0.1, 0.15) is 12.8 Å². The topological polar surface area (TPSA) is 95.5 Å². The predicted octanol–water partition coefficient (Wildman–Crippen LogP) is 1.37. The highest BCUT2D eigenvalue weighted by Gasteiger charge is 2.07. The van der Waals surface area contributed by atoms with E-state index in [1.807, 2.05) is 0 Å². The van der Waals surface area contributed by atoms with Crippen LogP contribution in [0.5, 0.6) is 0 Å². The van der Waals surface area contributed by atoms with Gasteiger partial charge in [-0.1, -0.05) is 15.9 Å². The minimum Gasteiger partial charge on any atom is -0.481 e. The first-order valence-corrected chi connectivity index (χ1v) is 6.30. The van der Waals surface area contributed by atoms with Gasteiger partial charge in [0.05, 0.1) is 13.0 Å². The molecule has 0 spiro atoms. The van der Waals surface area contributed by atoms with E-state index in [9.17, 15) is 14.4 Å².